The van der Waals surface area contributed by atoms with E-state index in [4.69, 9.17) is 13.6 Å². The Balaban J connectivity index is 1.69. The largest absolute Gasteiger partial charge is 0.458 e. The second kappa shape index (κ2) is 7.16. The van der Waals surface area contributed by atoms with Crippen molar-refractivity contribution in [2.24, 2.45) is 0 Å². The fourth-order valence-electron chi connectivity index (χ4n) is 3.12. The minimum absolute atomic E-state index is 0.323. The molecule has 4 rings (SSSR count). The molecule has 0 N–H and O–H groups in total. The number of benzene rings is 2. The molecule has 3 heteroatoms. The van der Waals surface area contributed by atoms with Gasteiger partial charge in [-0.1, -0.05) is 56.2 Å². The molecule has 0 radical (unpaired) electrons. The van der Waals surface area contributed by atoms with E-state index in [0.717, 1.165) is 46.3 Å². The number of para-hydroxylation sites is 2. The number of unbranched alkanes of at least 4 members (excludes halogenated alkanes) is 2. The first-order chi connectivity index (χ1) is 12.3. The maximum absolute atomic E-state index is 6.19. The van der Waals surface area contributed by atoms with Crippen molar-refractivity contribution >= 4 is 21.9 Å². The van der Waals surface area contributed by atoms with Gasteiger partial charge >= 0.3 is 0 Å². The second-order valence-electron chi connectivity index (χ2n) is 6.33. The average molecular weight is 334 g/mol. The molecule has 2 aromatic heterocycles. The predicted octanol–water partition coefficient (Wildman–Crippen LogP) is 6.48. The highest BCUT2D eigenvalue weighted by Crippen LogP contribution is 2.34. The molecule has 0 amide bonds. The van der Waals surface area contributed by atoms with Gasteiger partial charge in [0.05, 0.1) is 0 Å². The Morgan fingerprint density at radius 3 is 1.88 bits per heavy atom. The average Bonchev–Trinajstić information content (AvgIpc) is 3.25. The van der Waals surface area contributed by atoms with Crippen LogP contribution >= 0.6 is 0 Å². The summed E-state index contributed by atoms with van der Waals surface area (Å²) < 4.78 is 18.3. The van der Waals surface area contributed by atoms with Crippen LogP contribution in [0.2, 0.25) is 0 Å². The number of hydrogen-bond acceptors (Lipinski definition) is 3. The van der Waals surface area contributed by atoms with E-state index in [0.29, 0.717) is 6.61 Å². The maximum atomic E-state index is 6.19. The molecular formula is C22H22O3. The van der Waals surface area contributed by atoms with Gasteiger partial charge in [0, 0.05) is 17.4 Å². The Morgan fingerprint density at radius 2 is 1.36 bits per heavy atom. The highest BCUT2D eigenvalue weighted by Gasteiger charge is 2.23. The van der Waals surface area contributed by atoms with E-state index in [2.05, 4.69) is 19.1 Å². The molecule has 25 heavy (non-hydrogen) atoms. The molecular weight excluding hydrogens is 312 g/mol. The molecule has 128 valence electrons. The molecule has 0 aliphatic rings. The molecule has 0 unspecified atom stereocenters. The lowest BCUT2D eigenvalue weighted by atomic mass is 10.1. The summed E-state index contributed by atoms with van der Waals surface area (Å²) in [6, 6.07) is 20.1. The third-order valence-corrected chi connectivity index (χ3v) is 4.44. The fourth-order valence-corrected chi connectivity index (χ4v) is 3.12. The Labute approximate surface area is 147 Å². The van der Waals surface area contributed by atoms with Crippen LogP contribution in [0.1, 0.15) is 43.8 Å². The van der Waals surface area contributed by atoms with Crippen LogP contribution in [-0.4, -0.2) is 6.61 Å². The molecule has 0 saturated heterocycles. The van der Waals surface area contributed by atoms with Crippen molar-refractivity contribution in [1.82, 2.24) is 0 Å². The summed E-state index contributed by atoms with van der Waals surface area (Å²) in [5.74, 6) is 1.58. The third-order valence-electron chi connectivity index (χ3n) is 4.44. The van der Waals surface area contributed by atoms with Crippen LogP contribution in [0.25, 0.3) is 21.9 Å². The Hall–Kier alpha value is -2.52. The summed E-state index contributed by atoms with van der Waals surface area (Å²) in [4.78, 5) is 0. The van der Waals surface area contributed by atoms with E-state index in [1.807, 2.05) is 48.5 Å². The maximum Gasteiger partial charge on any atom is 0.172 e. The van der Waals surface area contributed by atoms with E-state index >= 15 is 0 Å². The lowest BCUT2D eigenvalue weighted by Gasteiger charge is -2.13. The van der Waals surface area contributed by atoms with E-state index in [-0.39, 0.29) is 6.10 Å². The van der Waals surface area contributed by atoms with Gasteiger partial charge in [-0.2, -0.15) is 0 Å². The van der Waals surface area contributed by atoms with Gasteiger partial charge in [0.15, 0.2) is 6.10 Å². The zero-order valence-corrected chi connectivity index (χ0v) is 14.4. The third kappa shape index (κ3) is 3.33. The summed E-state index contributed by atoms with van der Waals surface area (Å²) in [5.41, 5.74) is 1.74. The normalized spacial score (nSPS) is 11.8. The molecule has 2 aromatic carbocycles. The standard InChI is InChI=1S/C22H22O3/c1-2-3-8-13-23-22(20-14-16-9-4-6-11-18(16)24-20)21-15-17-10-5-7-12-19(17)25-21/h4-7,9-12,14-15,22H,2-3,8,13H2,1H3. The minimum atomic E-state index is -0.323. The Bertz CT molecular complexity index is 823. The number of hydrogen-bond donors (Lipinski definition) is 0. The van der Waals surface area contributed by atoms with Crippen LogP contribution in [0.5, 0.6) is 0 Å². The zero-order valence-electron chi connectivity index (χ0n) is 14.4. The van der Waals surface area contributed by atoms with Crippen molar-refractivity contribution in [2.75, 3.05) is 6.61 Å². The summed E-state index contributed by atoms with van der Waals surface area (Å²) in [5, 5.41) is 2.16. The first-order valence-corrected chi connectivity index (χ1v) is 8.93. The lowest BCUT2D eigenvalue weighted by molar-refractivity contribution is 0.0504. The summed E-state index contributed by atoms with van der Waals surface area (Å²) in [6.45, 7) is 2.88. The van der Waals surface area contributed by atoms with Gasteiger partial charge in [0.2, 0.25) is 0 Å². The fraction of sp³-hybridized carbons (Fsp3) is 0.273. The van der Waals surface area contributed by atoms with Gasteiger partial charge in [-0.15, -0.1) is 0 Å². The summed E-state index contributed by atoms with van der Waals surface area (Å²) >= 11 is 0. The highest BCUT2D eigenvalue weighted by atomic mass is 16.5. The van der Waals surface area contributed by atoms with Crippen LogP contribution < -0.4 is 0 Å². The van der Waals surface area contributed by atoms with E-state index in [1.54, 1.807) is 0 Å². The van der Waals surface area contributed by atoms with Gasteiger partial charge in [-0.05, 0) is 30.7 Å². The van der Waals surface area contributed by atoms with E-state index in [9.17, 15) is 0 Å². The molecule has 0 aliphatic heterocycles. The van der Waals surface area contributed by atoms with Crippen molar-refractivity contribution in [2.45, 2.75) is 32.3 Å². The lowest BCUT2D eigenvalue weighted by Crippen LogP contribution is -2.05. The van der Waals surface area contributed by atoms with Gasteiger partial charge < -0.3 is 13.6 Å². The molecule has 0 bridgehead atoms. The molecule has 0 saturated carbocycles. The number of fused-ring (bicyclic) bond motifs is 2. The van der Waals surface area contributed by atoms with Gasteiger partial charge in [-0.25, -0.2) is 0 Å². The van der Waals surface area contributed by atoms with Crippen molar-refractivity contribution in [3.8, 4) is 0 Å². The van der Waals surface area contributed by atoms with Crippen LogP contribution in [0, 0.1) is 0 Å². The topological polar surface area (TPSA) is 35.5 Å². The van der Waals surface area contributed by atoms with Crippen molar-refractivity contribution in [3.63, 3.8) is 0 Å². The number of ether oxygens (including phenoxy) is 1. The van der Waals surface area contributed by atoms with Crippen molar-refractivity contribution in [3.05, 3.63) is 72.2 Å². The Kier molecular flexibility index (Phi) is 4.57. The molecule has 2 heterocycles. The monoisotopic (exact) mass is 334 g/mol. The van der Waals surface area contributed by atoms with Gasteiger partial charge in [0.1, 0.15) is 22.7 Å². The molecule has 0 spiro atoms. The number of rotatable bonds is 7. The second-order valence-corrected chi connectivity index (χ2v) is 6.33. The molecule has 0 fully saturated rings. The van der Waals surface area contributed by atoms with Crippen LogP contribution in [-0.2, 0) is 4.74 Å². The molecule has 3 nitrogen and oxygen atoms in total. The zero-order chi connectivity index (χ0) is 17.1. The summed E-state index contributed by atoms with van der Waals surface area (Å²) in [6.07, 6.45) is 3.04. The minimum Gasteiger partial charge on any atom is -0.458 e. The number of furan rings is 2. The SMILES string of the molecule is CCCCCOC(c1cc2ccccc2o1)c1cc2ccccc2o1. The van der Waals surface area contributed by atoms with E-state index < -0.39 is 0 Å². The van der Waals surface area contributed by atoms with Crippen LogP contribution in [0.15, 0.2) is 69.5 Å². The van der Waals surface area contributed by atoms with Crippen molar-refractivity contribution < 1.29 is 13.6 Å². The first kappa shape index (κ1) is 16.0. The molecule has 0 atom stereocenters. The van der Waals surface area contributed by atoms with Gasteiger partial charge in [0.25, 0.3) is 0 Å². The van der Waals surface area contributed by atoms with Crippen LogP contribution in [0.4, 0.5) is 0 Å². The first-order valence-electron chi connectivity index (χ1n) is 8.93. The summed E-state index contributed by atoms with van der Waals surface area (Å²) in [7, 11) is 0. The Morgan fingerprint density at radius 1 is 0.800 bits per heavy atom. The highest BCUT2D eigenvalue weighted by molar-refractivity contribution is 5.79. The quantitative estimate of drug-likeness (QED) is 0.363. The smallest absolute Gasteiger partial charge is 0.172 e. The van der Waals surface area contributed by atoms with E-state index in [1.165, 1.54) is 6.42 Å². The predicted molar refractivity (Wildman–Crippen MR) is 99.7 cm³/mol. The van der Waals surface area contributed by atoms with Crippen molar-refractivity contribution in [1.29, 1.82) is 0 Å². The van der Waals surface area contributed by atoms with Crippen LogP contribution in [0.3, 0.4) is 0 Å². The van der Waals surface area contributed by atoms with Gasteiger partial charge in [-0.3, -0.25) is 0 Å². The molecule has 0 aliphatic carbocycles. The molecule has 4 aromatic rings.